The smallest absolute Gasteiger partial charge is 0.203 e. The maximum absolute atomic E-state index is 6.25. The molecule has 2 aliphatic rings. The number of rotatable bonds is 6. The molecular weight excluding hydrogens is 326 g/mol. The summed E-state index contributed by atoms with van der Waals surface area (Å²) < 4.78 is 33.9. The van der Waals surface area contributed by atoms with Gasteiger partial charge in [0.15, 0.2) is 17.3 Å². The van der Waals surface area contributed by atoms with E-state index in [1.54, 1.807) is 21.3 Å². The zero-order valence-electron chi connectivity index (χ0n) is 15.4. The molecule has 0 radical (unpaired) electrons. The molecule has 0 aliphatic carbocycles. The lowest BCUT2D eigenvalue weighted by molar-refractivity contribution is -0.164. The molecule has 0 saturated carbocycles. The number of nitrogens with zero attached hydrogens (tertiary/aromatic N) is 1. The van der Waals surface area contributed by atoms with Crippen LogP contribution in [0.5, 0.6) is 17.2 Å². The highest BCUT2D eigenvalue weighted by molar-refractivity contribution is 5.54. The molecule has 7 heteroatoms. The molecular formula is C18H27NO6. The second-order valence-corrected chi connectivity index (χ2v) is 6.32. The van der Waals surface area contributed by atoms with E-state index in [0.29, 0.717) is 23.9 Å². The average molecular weight is 353 g/mol. The molecule has 0 N–H and O–H groups in total. The van der Waals surface area contributed by atoms with Gasteiger partial charge in [0.25, 0.3) is 0 Å². The van der Waals surface area contributed by atoms with Gasteiger partial charge in [0, 0.05) is 25.2 Å². The monoisotopic (exact) mass is 353 g/mol. The predicted molar refractivity (Wildman–Crippen MR) is 91.5 cm³/mol. The van der Waals surface area contributed by atoms with Gasteiger partial charge in [-0.1, -0.05) is 0 Å². The molecule has 1 aromatic carbocycles. The van der Waals surface area contributed by atoms with Crippen LogP contribution in [-0.2, 0) is 20.0 Å². The molecule has 1 aromatic rings. The van der Waals surface area contributed by atoms with Crippen LogP contribution in [0.2, 0.25) is 0 Å². The molecule has 0 amide bonds. The van der Waals surface area contributed by atoms with Gasteiger partial charge in [-0.25, -0.2) is 0 Å². The fourth-order valence-corrected chi connectivity index (χ4v) is 3.29. The minimum Gasteiger partial charge on any atom is -0.493 e. The molecule has 0 spiro atoms. The van der Waals surface area contributed by atoms with Crippen molar-refractivity contribution in [3.63, 3.8) is 0 Å². The summed E-state index contributed by atoms with van der Waals surface area (Å²) in [5, 5.41) is 0. The molecule has 7 nitrogen and oxygen atoms in total. The van der Waals surface area contributed by atoms with Gasteiger partial charge in [0.05, 0.1) is 47.3 Å². The minimum absolute atomic E-state index is 0.0159. The maximum Gasteiger partial charge on any atom is 0.203 e. The van der Waals surface area contributed by atoms with Crippen molar-refractivity contribution >= 4 is 0 Å². The van der Waals surface area contributed by atoms with E-state index in [9.17, 15) is 0 Å². The summed E-state index contributed by atoms with van der Waals surface area (Å²) in [5.41, 5.74) is 0.839. The van der Waals surface area contributed by atoms with Gasteiger partial charge >= 0.3 is 0 Å². The van der Waals surface area contributed by atoms with Crippen molar-refractivity contribution in [2.24, 2.45) is 0 Å². The highest BCUT2D eigenvalue weighted by Gasteiger charge is 2.40. The van der Waals surface area contributed by atoms with Crippen molar-refractivity contribution in [1.29, 1.82) is 0 Å². The predicted octanol–water partition coefficient (Wildman–Crippen LogP) is 1.63. The Morgan fingerprint density at radius 3 is 2.28 bits per heavy atom. The lowest BCUT2D eigenvalue weighted by Crippen LogP contribution is -2.42. The molecule has 0 aromatic heterocycles. The summed E-state index contributed by atoms with van der Waals surface area (Å²) in [5.74, 6) is 0.882. The largest absolute Gasteiger partial charge is 0.493 e. The Balaban J connectivity index is 1.76. The fourth-order valence-electron chi connectivity index (χ4n) is 3.29. The summed E-state index contributed by atoms with van der Waals surface area (Å²) >= 11 is 0. The van der Waals surface area contributed by atoms with E-state index in [0.717, 1.165) is 38.4 Å². The SMILES string of the molecule is COc1cc([C@]2(C)OC[C@@H](CN3CCOCC3)O2)cc(OC)c1OC. The molecule has 140 valence electrons. The third kappa shape index (κ3) is 3.84. The first-order chi connectivity index (χ1) is 12.1. The number of hydrogen-bond donors (Lipinski definition) is 0. The highest BCUT2D eigenvalue weighted by Crippen LogP contribution is 2.43. The first-order valence-corrected chi connectivity index (χ1v) is 8.52. The Morgan fingerprint density at radius 2 is 1.72 bits per heavy atom. The third-order valence-corrected chi connectivity index (χ3v) is 4.69. The Bertz CT molecular complexity index is 564. The van der Waals surface area contributed by atoms with E-state index in [-0.39, 0.29) is 6.10 Å². The molecule has 2 aliphatic heterocycles. The van der Waals surface area contributed by atoms with Crippen LogP contribution in [0.3, 0.4) is 0 Å². The lowest BCUT2D eigenvalue weighted by Gasteiger charge is -2.29. The van der Waals surface area contributed by atoms with Gasteiger partial charge in [0.1, 0.15) is 0 Å². The quantitative estimate of drug-likeness (QED) is 0.770. The molecule has 0 unspecified atom stereocenters. The summed E-state index contributed by atoms with van der Waals surface area (Å²) in [6, 6.07) is 3.75. The Kier molecular flexibility index (Phi) is 5.68. The minimum atomic E-state index is -0.843. The van der Waals surface area contributed by atoms with Crippen molar-refractivity contribution in [2.75, 3.05) is 60.8 Å². The summed E-state index contributed by atoms with van der Waals surface area (Å²) in [7, 11) is 4.78. The van der Waals surface area contributed by atoms with Gasteiger partial charge in [-0.3, -0.25) is 4.90 Å². The molecule has 2 saturated heterocycles. The van der Waals surface area contributed by atoms with E-state index < -0.39 is 5.79 Å². The molecule has 0 bridgehead atoms. The van der Waals surface area contributed by atoms with Gasteiger partial charge < -0.3 is 28.4 Å². The van der Waals surface area contributed by atoms with Gasteiger partial charge in [-0.2, -0.15) is 0 Å². The standard InChI is InChI=1S/C18H27NO6/c1-18(13-9-15(20-2)17(22-4)16(10-13)21-3)24-12-14(25-18)11-19-5-7-23-8-6-19/h9-10,14H,5-8,11-12H2,1-4H3/t14-,18-/m1/s1. The van der Waals surface area contributed by atoms with Gasteiger partial charge in [-0.15, -0.1) is 0 Å². The topological polar surface area (TPSA) is 58.6 Å². The Hall–Kier alpha value is -1.54. The Labute approximate surface area is 148 Å². The summed E-state index contributed by atoms with van der Waals surface area (Å²) in [4.78, 5) is 2.35. The van der Waals surface area contributed by atoms with E-state index in [2.05, 4.69) is 4.90 Å². The van der Waals surface area contributed by atoms with Crippen molar-refractivity contribution in [2.45, 2.75) is 18.8 Å². The average Bonchev–Trinajstić information content (AvgIpc) is 3.03. The van der Waals surface area contributed by atoms with E-state index in [4.69, 9.17) is 28.4 Å². The maximum atomic E-state index is 6.25. The molecule has 2 atom stereocenters. The molecule has 2 heterocycles. The van der Waals surface area contributed by atoms with Crippen LogP contribution in [-0.4, -0.2) is 71.8 Å². The van der Waals surface area contributed by atoms with Crippen LogP contribution in [0.1, 0.15) is 12.5 Å². The zero-order chi connectivity index (χ0) is 17.9. The van der Waals surface area contributed by atoms with Crippen LogP contribution in [0.15, 0.2) is 12.1 Å². The number of methoxy groups -OCH3 is 3. The van der Waals surface area contributed by atoms with Crippen LogP contribution in [0.4, 0.5) is 0 Å². The van der Waals surface area contributed by atoms with Crippen molar-refractivity contribution < 1.29 is 28.4 Å². The summed E-state index contributed by atoms with van der Waals surface area (Å²) in [6.07, 6.45) is 0.0159. The van der Waals surface area contributed by atoms with Crippen molar-refractivity contribution in [1.82, 2.24) is 4.90 Å². The zero-order valence-corrected chi connectivity index (χ0v) is 15.4. The fraction of sp³-hybridized carbons (Fsp3) is 0.667. The number of benzene rings is 1. The lowest BCUT2D eigenvalue weighted by atomic mass is 10.1. The Morgan fingerprint density at radius 1 is 1.08 bits per heavy atom. The van der Waals surface area contributed by atoms with Gasteiger partial charge in [-0.05, 0) is 19.1 Å². The highest BCUT2D eigenvalue weighted by atomic mass is 16.7. The third-order valence-electron chi connectivity index (χ3n) is 4.69. The first-order valence-electron chi connectivity index (χ1n) is 8.52. The van der Waals surface area contributed by atoms with E-state index in [1.165, 1.54) is 0 Å². The molecule has 25 heavy (non-hydrogen) atoms. The van der Waals surface area contributed by atoms with Crippen LogP contribution in [0.25, 0.3) is 0 Å². The number of hydrogen-bond acceptors (Lipinski definition) is 7. The first kappa shape index (κ1) is 18.3. The van der Waals surface area contributed by atoms with Crippen molar-refractivity contribution in [3.05, 3.63) is 17.7 Å². The summed E-state index contributed by atoms with van der Waals surface area (Å²) in [6.45, 7) is 6.72. The number of ether oxygens (including phenoxy) is 6. The van der Waals surface area contributed by atoms with Crippen LogP contribution < -0.4 is 14.2 Å². The van der Waals surface area contributed by atoms with Crippen LogP contribution >= 0.6 is 0 Å². The van der Waals surface area contributed by atoms with E-state index >= 15 is 0 Å². The number of morpholine rings is 1. The van der Waals surface area contributed by atoms with Crippen LogP contribution in [0, 0.1) is 0 Å². The second-order valence-electron chi connectivity index (χ2n) is 6.32. The normalized spacial score (nSPS) is 27.3. The van der Waals surface area contributed by atoms with Gasteiger partial charge in [0.2, 0.25) is 5.75 Å². The molecule has 3 rings (SSSR count). The van der Waals surface area contributed by atoms with E-state index in [1.807, 2.05) is 19.1 Å². The van der Waals surface area contributed by atoms with Crippen molar-refractivity contribution in [3.8, 4) is 17.2 Å². The molecule has 2 fully saturated rings. The second kappa shape index (κ2) is 7.78.